The Kier molecular flexibility index (Phi) is 6.58. The van der Waals surface area contributed by atoms with Crippen molar-refractivity contribution < 1.29 is 4.79 Å². The molecular formula is C17H26N2OS. The molecule has 116 valence electrons. The fourth-order valence-corrected chi connectivity index (χ4v) is 3.77. The second-order valence-electron chi connectivity index (χ2n) is 5.84. The number of nitrogens with two attached hydrogens (primary N) is 1. The van der Waals surface area contributed by atoms with Crippen molar-refractivity contribution in [3.8, 4) is 0 Å². The third kappa shape index (κ3) is 5.36. The van der Waals surface area contributed by atoms with Crippen LogP contribution in [0.25, 0.3) is 0 Å². The van der Waals surface area contributed by atoms with Crippen molar-refractivity contribution in [2.75, 3.05) is 6.26 Å². The number of amides is 1. The van der Waals surface area contributed by atoms with Gasteiger partial charge in [0.1, 0.15) is 0 Å². The monoisotopic (exact) mass is 306 g/mol. The van der Waals surface area contributed by atoms with Crippen LogP contribution in [0, 0.1) is 0 Å². The van der Waals surface area contributed by atoms with Gasteiger partial charge >= 0.3 is 0 Å². The largest absolute Gasteiger partial charge is 0.353 e. The van der Waals surface area contributed by atoms with Gasteiger partial charge in [-0.05, 0) is 37.5 Å². The molecule has 1 aliphatic rings. The molecule has 1 aromatic carbocycles. The third-order valence-electron chi connectivity index (χ3n) is 4.23. The number of hydrogen-bond acceptors (Lipinski definition) is 3. The van der Waals surface area contributed by atoms with E-state index >= 15 is 0 Å². The maximum Gasteiger partial charge on any atom is 0.220 e. The van der Waals surface area contributed by atoms with Gasteiger partial charge in [0.2, 0.25) is 5.91 Å². The lowest BCUT2D eigenvalue weighted by Crippen LogP contribution is -2.39. The van der Waals surface area contributed by atoms with E-state index in [0.29, 0.717) is 24.1 Å². The lowest BCUT2D eigenvalue weighted by atomic mass is 9.94. The smallest absolute Gasteiger partial charge is 0.220 e. The maximum absolute atomic E-state index is 12.1. The van der Waals surface area contributed by atoms with Crippen molar-refractivity contribution in [1.29, 1.82) is 0 Å². The summed E-state index contributed by atoms with van der Waals surface area (Å²) in [5.74, 6) is 0.146. The molecule has 1 aliphatic carbocycles. The van der Waals surface area contributed by atoms with Gasteiger partial charge in [0.25, 0.3) is 0 Å². The Labute approximate surface area is 132 Å². The Balaban J connectivity index is 1.72. The molecule has 0 bridgehead atoms. The Hall–Kier alpha value is -1.00. The molecule has 3 atom stereocenters. The topological polar surface area (TPSA) is 55.1 Å². The summed E-state index contributed by atoms with van der Waals surface area (Å²) in [5.41, 5.74) is 7.24. The van der Waals surface area contributed by atoms with Crippen LogP contribution >= 0.6 is 11.8 Å². The Morgan fingerprint density at radius 3 is 2.86 bits per heavy atom. The van der Waals surface area contributed by atoms with E-state index in [0.717, 1.165) is 18.4 Å². The second kappa shape index (κ2) is 8.44. The fraction of sp³-hybridized carbons (Fsp3) is 0.588. The molecule has 2 rings (SSSR count). The molecule has 0 radical (unpaired) electrons. The van der Waals surface area contributed by atoms with E-state index in [1.54, 1.807) is 0 Å². The molecule has 3 nitrogen and oxygen atoms in total. The van der Waals surface area contributed by atoms with E-state index in [1.807, 2.05) is 42.1 Å². The van der Waals surface area contributed by atoms with E-state index in [1.165, 1.54) is 12.8 Å². The molecule has 3 N–H and O–H groups in total. The summed E-state index contributed by atoms with van der Waals surface area (Å²) in [6, 6.07) is 10.3. The Bertz CT molecular complexity index is 438. The van der Waals surface area contributed by atoms with Crippen molar-refractivity contribution in [2.45, 2.75) is 55.9 Å². The summed E-state index contributed by atoms with van der Waals surface area (Å²) in [6.07, 6.45) is 8.11. The van der Waals surface area contributed by atoms with E-state index < -0.39 is 0 Å². The minimum atomic E-state index is -0.0535. The summed E-state index contributed by atoms with van der Waals surface area (Å²) < 4.78 is 0. The average Bonchev–Trinajstić information content (AvgIpc) is 2.53. The van der Waals surface area contributed by atoms with Crippen molar-refractivity contribution in [2.24, 2.45) is 5.73 Å². The van der Waals surface area contributed by atoms with Crippen LogP contribution < -0.4 is 11.1 Å². The predicted octanol–water partition coefficient (Wildman–Crippen LogP) is 3.26. The molecule has 1 fully saturated rings. The summed E-state index contributed by atoms with van der Waals surface area (Å²) in [7, 11) is 0. The molecule has 0 heterocycles. The molecule has 0 aromatic heterocycles. The molecule has 1 saturated carbocycles. The lowest BCUT2D eigenvalue weighted by molar-refractivity contribution is -0.122. The predicted molar refractivity (Wildman–Crippen MR) is 90.3 cm³/mol. The SMILES string of the molecule is CSC1CCCC(NC(=O)CCC(N)c2ccccc2)C1. The van der Waals surface area contributed by atoms with Gasteiger partial charge in [-0.15, -0.1) is 0 Å². The highest BCUT2D eigenvalue weighted by Gasteiger charge is 2.22. The molecule has 1 aromatic rings. The van der Waals surface area contributed by atoms with Gasteiger partial charge < -0.3 is 11.1 Å². The Morgan fingerprint density at radius 1 is 1.38 bits per heavy atom. The van der Waals surface area contributed by atoms with Crippen molar-refractivity contribution in [1.82, 2.24) is 5.32 Å². The van der Waals surface area contributed by atoms with Gasteiger partial charge in [0, 0.05) is 23.8 Å². The second-order valence-corrected chi connectivity index (χ2v) is 6.98. The Morgan fingerprint density at radius 2 is 2.14 bits per heavy atom. The van der Waals surface area contributed by atoms with Crippen molar-refractivity contribution in [3.63, 3.8) is 0 Å². The summed E-state index contributed by atoms with van der Waals surface area (Å²) >= 11 is 1.92. The first-order chi connectivity index (χ1) is 10.2. The van der Waals surface area contributed by atoms with Crippen LogP contribution in [0.15, 0.2) is 30.3 Å². The van der Waals surface area contributed by atoms with Gasteiger partial charge in [-0.1, -0.05) is 36.8 Å². The first kappa shape index (κ1) is 16.4. The standard InChI is InChI=1S/C17H26N2OS/c1-21-15-9-5-8-14(12-15)19-17(20)11-10-16(18)13-6-3-2-4-7-13/h2-4,6-7,14-16H,5,8-12,18H2,1H3,(H,19,20). The molecule has 1 amide bonds. The minimum absolute atomic E-state index is 0.0535. The molecule has 3 unspecified atom stereocenters. The van der Waals surface area contributed by atoms with Gasteiger partial charge in [0.05, 0.1) is 0 Å². The fourth-order valence-electron chi connectivity index (χ4n) is 2.94. The molecular weight excluding hydrogens is 280 g/mol. The van der Waals surface area contributed by atoms with E-state index in [9.17, 15) is 4.79 Å². The maximum atomic E-state index is 12.1. The van der Waals surface area contributed by atoms with Crippen molar-refractivity contribution >= 4 is 17.7 Å². The summed E-state index contributed by atoms with van der Waals surface area (Å²) in [4.78, 5) is 12.1. The number of nitrogens with one attached hydrogen (secondary N) is 1. The van der Waals surface area contributed by atoms with Gasteiger partial charge in [-0.3, -0.25) is 4.79 Å². The molecule has 0 spiro atoms. The number of thioether (sulfide) groups is 1. The van der Waals surface area contributed by atoms with Crippen LogP contribution in [0.4, 0.5) is 0 Å². The average molecular weight is 306 g/mol. The van der Waals surface area contributed by atoms with E-state index in [2.05, 4.69) is 11.6 Å². The van der Waals surface area contributed by atoms with E-state index in [4.69, 9.17) is 5.73 Å². The molecule has 4 heteroatoms. The summed E-state index contributed by atoms with van der Waals surface area (Å²) in [5, 5.41) is 3.89. The zero-order chi connectivity index (χ0) is 15.1. The van der Waals surface area contributed by atoms with Crippen LogP contribution in [-0.4, -0.2) is 23.5 Å². The first-order valence-corrected chi connectivity index (χ1v) is 9.10. The van der Waals surface area contributed by atoms with Crippen LogP contribution in [0.1, 0.15) is 50.1 Å². The number of carbonyl (C=O) groups excluding carboxylic acids is 1. The highest BCUT2D eigenvalue weighted by molar-refractivity contribution is 7.99. The number of rotatable bonds is 6. The summed E-state index contributed by atoms with van der Waals surface area (Å²) in [6.45, 7) is 0. The quantitative estimate of drug-likeness (QED) is 0.848. The zero-order valence-electron chi connectivity index (χ0n) is 12.8. The minimum Gasteiger partial charge on any atom is -0.353 e. The molecule has 21 heavy (non-hydrogen) atoms. The van der Waals surface area contributed by atoms with Crippen molar-refractivity contribution in [3.05, 3.63) is 35.9 Å². The number of benzene rings is 1. The van der Waals surface area contributed by atoms with E-state index in [-0.39, 0.29) is 11.9 Å². The number of carbonyl (C=O) groups is 1. The highest BCUT2D eigenvalue weighted by atomic mass is 32.2. The van der Waals surface area contributed by atoms with Crippen LogP contribution in [0.3, 0.4) is 0 Å². The third-order valence-corrected chi connectivity index (χ3v) is 5.33. The lowest BCUT2D eigenvalue weighted by Gasteiger charge is -2.28. The van der Waals surface area contributed by atoms with Gasteiger partial charge in [0.15, 0.2) is 0 Å². The highest BCUT2D eigenvalue weighted by Crippen LogP contribution is 2.27. The van der Waals surface area contributed by atoms with Crippen LogP contribution in [0.2, 0.25) is 0 Å². The van der Waals surface area contributed by atoms with Crippen LogP contribution in [-0.2, 0) is 4.79 Å². The number of hydrogen-bond donors (Lipinski definition) is 2. The zero-order valence-corrected chi connectivity index (χ0v) is 13.6. The normalized spacial score (nSPS) is 23.5. The van der Waals surface area contributed by atoms with Crippen LogP contribution in [0.5, 0.6) is 0 Å². The molecule has 0 aliphatic heterocycles. The van der Waals surface area contributed by atoms with Gasteiger partial charge in [-0.2, -0.15) is 11.8 Å². The first-order valence-electron chi connectivity index (χ1n) is 7.81. The molecule has 0 saturated heterocycles. The van der Waals surface area contributed by atoms with Gasteiger partial charge in [-0.25, -0.2) is 0 Å².